The SMILES string of the molecule is CC(=O)Nc1nc2ccc(-c3nc4ccccc4[nH]3)cc2s1. The van der Waals surface area contributed by atoms with Crippen molar-refractivity contribution in [2.45, 2.75) is 6.92 Å². The maximum atomic E-state index is 11.1. The Hall–Kier alpha value is -2.73. The average molecular weight is 308 g/mol. The zero-order valence-corrected chi connectivity index (χ0v) is 12.6. The number of amides is 1. The fourth-order valence-electron chi connectivity index (χ4n) is 2.37. The van der Waals surface area contributed by atoms with E-state index in [1.165, 1.54) is 18.3 Å². The van der Waals surface area contributed by atoms with Crippen LogP contribution in [0.3, 0.4) is 0 Å². The van der Waals surface area contributed by atoms with Crippen LogP contribution in [0.1, 0.15) is 6.92 Å². The molecule has 2 aromatic carbocycles. The summed E-state index contributed by atoms with van der Waals surface area (Å²) in [6.45, 7) is 1.48. The first-order chi connectivity index (χ1) is 10.7. The highest BCUT2D eigenvalue weighted by atomic mass is 32.1. The van der Waals surface area contributed by atoms with E-state index in [4.69, 9.17) is 0 Å². The highest BCUT2D eigenvalue weighted by Crippen LogP contribution is 2.30. The number of carbonyl (C=O) groups is 1. The molecule has 0 aliphatic carbocycles. The van der Waals surface area contributed by atoms with E-state index in [1.807, 2.05) is 42.5 Å². The molecule has 0 aliphatic rings. The second kappa shape index (κ2) is 4.92. The third-order valence-electron chi connectivity index (χ3n) is 3.33. The number of hydrogen-bond donors (Lipinski definition) is 2. The lowest BCUT2D eigenvalue weighted by molar-refractivity contribution is -0.114. The molecule has 6 heteroatoms. The van der Waals surface area contributed by atoms with Crippen molar-refractivity contribution in [3.63, 3.8) is 0 Å². The van der Waals surface area contributed by atoms with Crippen molar-refractivity contribution in [2.24, 2.45) is 0 Å². The molecule has 0 radical (unpaired) electrons. The van der Waals surface area contributed by atoms with Gasteiger partial charge in [0.15, 0.2) is 5.13 Å². The van der Waals surface area contributed by atoms with Crippen LogP contribution in [0, 0.1) is 0 Å². The van der Waals surface area contributed by atoms with Crippen molar-refractivity contribution in [3.8, 4) is 11.4 Å². The Morgan fingerprint density at radius 1 is 1.14 bits per heavy atom. The first-order valence-corrected chi connectivity index (χ1v) is 7.64. The zero-order chi connectivity index (χ0) is 15.1. The minimum absolute atomic E-state index is 0.114. The number of nitrogens with one attached hydrogen (secondary N) is 2. The Morgan fingerprint density at radius 2 is 2.00 bits per heavy atom. The van der Waals surface area contributed by atoms with Gasteiger partial charge in [-0.15, -0.1) is 0 Å². The molecule has 2 N–H and O–H groups in total. The standard InChI is InChI=1S/C16H12N4OS/c1-9(21)17-16-20-13-7-6-10(8-14(13)22-16)15-18-11-4-2-3-5-12(11)19-15/h2-8H,1H3,(H,18,19)(H,17,20,21). The van der Waals surface area contributed by atoms with Gasteiger partial charge in [0.05, 0.1) is 21.3 Å². The van der Waals surface area contributed by atoms with Gasteiger partial charge in [-0.3, -0.25) is 4.79 Å². The maximum absolute atomic E-state index is 11.1. The number of hydrogen-bond acceptors (Lipinski definition) is 4. The van der Waals surface area contributed by atoms with Crippen LogP contribution in [-0.2, 0) is 4.79 Å². The van der Waals surface area contributed by atoms with E-state index in [1.54, 1.807) is 0 Å². The Kier molecular flexibility index (Phi) is 2.90. The lowest BCUT2D eigenvalue weighted by Crippen LogP contribution is -2.04. The number of rotatable bonds is 2. The number of carbonyl (C=O) groups excluding carboxylic acids is 1. The summed E-state index contributed by atoms with van der Waals surface area (Å²) >= 11 is 1.46. The van der Waals surface area contributed by atoms with Crippen molar-refractivity contribution in [2.75, 3.05) is 5.32 Å². The molecule has 0 fully saturated rings. The molecule has 1 amide bonds. The molecular formula is C16H12N4OS. The van der Waals surface area contributed by atoms with Crippen LogP contribution < -0.4 is 5.32 Å². The van der Waals surface area contributed by atoms with Crippen LogP contribution in [0.15, 0.2) is 42.5 Å². The van der Waals surface area contributed by atoms with Crippen molar-refractivity contribution >= 4 is 43.6 Å². The molecule has 4 aromatic rings. The fourth-order valence-corrected chi connectivity index (χ4v) is 3.32. The van der Waals surface area contributed by atoms with Gasteiger partial charge >= 0.3 is 0 Å². The summed E-state index contributed by atoms with van der Waals surface area (Å²) in [6.07, 6.45) is 0. The summed E-state index contributed by atoms with van der Waals surface area (Å²) < 4.78 is 1.02. The predicted octanol–water partition coefficient (Wildman–Crippen LogP) is 3.80. The summed E-state index contributed by atoms with van der Waals surface area (Å²) in [5.41, 5.74) is 3.83. The molecule has 5 nitrogen and oxygen atoms in total. The molecule has 0 saturated heterocycles. The highest BCUT2D eigenvalue weighted by molar-refractivity contribution is 7.22. The molecule has 0 atom stereocenters. The number of fused-ring (bicyclic) bond motifs is 2. The van der Waals surface area contributed by atoms with Gasteiger partial charge < -0.3 is 10.3 Å². The zero-order valence-electron chi connectivity index (χ0n) is 11.8. The van der Waals surface area contributed by atoms with Gasteiger partial charge in [0.25, 0.3) is 0 Å². The number of aromatic amines is 1. The number of benzene rings is 2. The van der Waals surface area contributed by atoms with E-state index >= 15 is 0 Å². The average Bonchev–Trinajstić information content (AvgIpc) is 3.08. The largest absolute Gasteiger partial charge is 0.338 e. The topological polar surface area (TPSA) is 70.7 Å². The van der Waals surface area contributed by atoms with Crippen LogP contribution in [0.25, 0.3) is 32.6 Å². The van der Waals surface area contributed by atoms with E-state index in [9.17, 15) is 4.79 Å². The third kappa shape index (κ3) is 2.23. The van der Waals surface area contributed by atoms with Gasteiger partial charge in [0.2, 0.25) is 5.91 Å². The summed E-state index contributed by atoms with van der Waals surface area (Å²) in [4.78, 5) is 23.4. The van der Waals surface area contributed by atoms with Crippen LogP contribution in [-0.4, -0.2) is 20.9 Å². The lowest BCUT2D eigenvalue weighted by Gasteiger charge is -1.95. The van der Waals surface area contributed by atoms with Gasteiger partial charge in [-0.2, -0.15) is 0 Å². The first-order valence-electron chi connectivity index (χ1n) is 6.82. The van der Waals surface area contributed by atoms with E-state index in [0.717, 1.165) is 32.6 Å². The predicted molar refractivity (Wildman–Crippen MR) is 89.0 cm³/mol. The van der Waals surface area contributed by atoms with Crippen LogP contribution in [0.2, 0.25) is 0 Å². The number of aromatic nitrogens is 3. The number of imidazole rings is 1. The number of H-pyrrole nitrogens is 1. The minimum atomic E-state index is -0.114. The van der Waals surface area contributed by atoms with Gasteiger partial charge in [-0.1, -0.05) is 23.5 Å². The molecule has 22 heavy (non-hydrogen) atoms. The molecule has 0 spiro atoms. The summed E-state index contributed by atoms with van der Waals surface area (Å²) in [6, 6.07) is 13.9. The Bertz CT molecular complexity index is 969. The minimum Gasteiger partial charge on any atom is -0.338 e. The maximum Gasteiger partial charge on any atom is 0.223 e. The molecule has 2 heterocycles. The van der Waals surface area contributed by atoms with Crippen molar-refractivity contribution in [1.29, 1.82) is 0 Å². The van der Waals surface area contributed by atoms with Crippen LogP contribution in [0.5, 0.6) is 0 Å². The number of para-hydroxylation sites is 2. The van der Waals surface area contributed by atoms with Gasteiger partial charge in [-0.25, -0.2) is 9.97 Å². The normalized spacial score (nSPS) is 11.1. The molecule has 2 aromatic heterocycles. The molecule has 0 aliphatic heterocycles. The van der Waals surface area contributed by atoms with Crippen LogP contribution >= 0.6 is 11.3 Å². The number of anilines is 1. The molecule has 0 unspecified atom stereocenters. The lowest BCUT2D eigenvalue weighted by atomic mass is 10.2. The highest BCUT2D eigenvalue weighted by Gasteiger charge is 2.09. The summed E-state index contributed by atoms with van der Waals surface area (Å²) in [5.74, 6) is 0.717. The summed E-state index contributed by atoms with van der Waals surface area (Å²) in [7, 11) is 0. The van der Waals surface area contributed by atoms with E-state index in [0.29, 0.717) is 5.13 Å². The molecule has 4 rings (SSSR count). The molecule has 0 saturated carbocycles. The smallest absolute Gasteiger partial charge is 0.223 e. The Morgan fingerprint density at radius 3 is 2.82 bits per heavy atom. The van der Waals surface area contributed by atoms with Crippen LogP contribution in [0.4, 0.5) is 5.13 Å². The van der Waals surface area contributed by atoms with E-state index in [2.05, 4.69) is 20.3 Å². The Balaban J connectivity index is 1.79. The van der Waals surface area contributed by atoms with Crippen molar-refractivity contribution in [3.05, 3.63) is 42.5 Å². The molecular weight excluding hydrogens is 296 g/mol. The van der Waals surface area contributed by atoms with Crippen molar-refractivity contribution in [1.82, 2.24) is 15.0 Å². The molecule has 108 valence electrons. The Labute approximate surface area is 130 Å². The summed E-state index contributed by atoms with van der Waals surface area (Å²) in [5, 5.41) is 3.34. The third-order valence-corrected chi connectivity index (χ3v) is 4.27. The monoisotopic (exact) mass is 308 g/mol. The second-order valence-corrected chi connectivity index (χ2v) is 6.02. The van der Waals surface area contributed by atoms with Gasteiger partial charge in [0.1, 0.15) is 5.82 Å². The van der Waals surface area contributed by atoms with Crippen molar-refractivity contribution < 1.29 is 4.79 Å². The fraction of sp³-hybridized carbons (Fsp3) is 0.0625. The number of thiazole rings is 1. The van der Waals surface area contributed by atoms with E-state index < -0.39 is 0 Å². The number of nitrogens with zero attached hydrogens (tertiary/aromatic N) is 2. The van der Waals surface area contributed by atoms with E-state index in [-0.39, 0.29) is 5.91 Å². The van der Waals surface area contributed by atoms with Gasteiger partial charge in [-0.05, 0) is 30.3 Å². The second-order valence-electron chi connectivity index (χ2n) is 4.99. The first kappa shape index (κ1) is 13.0. The van der Waals surface area contributed by atoms with Gasteiger partial charge in [0, 0.05) is 12.5 Å². The quantitative estimate of drug-likeness (QED) is 0.591. The molecule has 0 bridgehead atoms.